The molecule has 138 valence electrons. The predicted octanol–water partition coefficient (Wildman–Crippen LogP) is 2.92. The van der Waals surface area contributed by atoms with Crippen LogP contribution in [-0.2, 0) is 16.8 Å². The molecular weight excluding hydrogens is 368 g/mol. The fraction of sp³-hybridized carbons (Fsp3) is 0.250. The van der Waals surface area contributed by atoms with Gasteiger partial charge in [0.2, 0.25) is 0 Å². The number of ether oxygens (including phenoxy) is 1. The van der Waals surface area contributed by atoms with Gasteiger partial charge in [0.25, 0.3) is 5.91 Å². The third-order valence-corrected chi connectivity index (χ3v) is 5.26. The molecule has 0 saturated carbocycles. The van der Waals surface area contributed by atoms with Gasteiger partial charge in [-0.25, -0.2) is 4.79 Å². The summed E-state index contributed by atoms with van der Waals surface area (Å²) in [6.45, 7) is 1.90. The Balaban J connectivity index is 1.55. The molecule has 1 unspecified atom stereocenters. The first-order valence-corrected chi connectivity index (χ1v) is 8.95. The van der Waals surface area contributed by atoms with Crippen molar-refractivity contribution in [2.45, 2.75) is 18.9 Å². The van der Waals surface area contributed by atoms with Crippen LogP contribution in [0.4, 0.5) is 4.79 Å². The molecule has 7 heteroatoms. The summed E-state index contributed by atoms with van der Waals surface area (Å²) < 4.78 is 5.44. The van der Waals surface area contributed by atoms with Crippen molar-refractivity contribution in [2.24, 2.45) is 0 Å². The Morgan fingerprint density at radius 1 is 1.22 bits per heavy atom. The average molecular weight is 385 g/mol. The van der Waals surface area contributed by atoms with E-state index in [9.17, 15) is 14.4 Å². The third-order valence-electron chi connectivity index (χ3n) is 5.01. The standard InChI is InChI=1S/C20H17ClN2O4/c1-20(14-3-5-15(21)6-4-14)18(25)23(19(26)22-20)11-16(24)12-2-7-17-13(10-12)8-9-27-17/h2-7,10H,8-9,11H2,1H3,(H,22,26). The number of Topliss-reactive ketones (excluding diaryl/α,β-unsaturated/α-hetero) is 1. The minimum Gasteiger partial charge on any atom is -0.493 e. The number of carbonyl (C=O) groups excluding carboxylic acids is 3. The molecule has 27 heavy (non-hydrogen) atoms. The second-order valence-corrected chi connectivity index (χ2v) is 7.23. The highest BCUT2D eigenvalue weighted by atomic mass is 35.5. The molecule has 1 N–H and O–H groups in total. The van der Waals surface area contributed by atoms with Crippen LogP contribution in [-0.4, -0.2) is 35.8 Å². The molecule has 6 nitrogen and oxygen atoms in total. The fourth-order valence-electron chi connectivity index (χ4n) is 3.41. The van der Waals surface area contributed by atoms with Gasteiger partial charge in [-0.1, -0.05) is 23.7 Å². The number of amides is 3. The molecule has 1 saturated heterocycles. The molecule has 0 aromatic heterocycles. The van der Waals surface area contributed by atoms with E-state index in [1.165, 1.54) is 0 Å². The Morgan fingerprint density at radius 3 is 2.70 bits per heavy atom. The zero-order valence-corrected chi connectivity index (χ0v) is 15.4. The Bertz CT molecular complexity index is 957. The highest BCUT2D eigenvalue weighted by Crippen LogP contribution is 2.30. The lowest BCUT2D eigenvalue weighted by atomic mass is 9.92. The number of fused-ring (bicyclic) bond motifs is 1. The summed E-state index contributed by atoms with van der Waals surface area (Å²) in [7, 11) is 0. The van der Waals surface area contributed by atoms with Crippen LogP contribution in [0.15, 0.2) is 42.5 Å². The molecule has 2 aromatic carbocycles. The first-order valence-electron chi connectivity index (χ1n) is 8.57. The van der Waals surface area contributed by atoms with E-state index in [2.05, 4.69) is 5.32 Å². The number of halogens is 1. The van der Waals surface area contributed by atoms with Crippen molar-refractivity contribution in [3.63, 3.8) is 0 Å². The van der Waals surface area contributed by atoms with Gasteiger partial charge in [0.15, 0.2) is 5.78 Å². The Morgan fingerprint density at radius 2 is 1.96 bits per heavy atom. The van der Waals surface area contributed by atoms with Gasteiger partial charge in [-0.2, -0.15) is 0 Å². The van der Waals surface area contributed by atoms with E-state index in [1.54, 1.807) is 49.4 Å². The van der Waals surface area contributed by atoms with Gasteiger partial charge < -0.3 is 10.1 Å². The van der Waals surface area contributed by atoms with Gasteiger partial charge in [-0.05, 0) is 48.4 Å². The lowest BCUT2D eigenvalue weighted by Gasteiger charge is -2.22. The highest BCUT2D eigenvalue weighted by molar-refractivity contribution is 6.30. The van der Waals surface area contributed by atoms with Gasteiger partial charge in [-0.3, -0.25) is 14.5 Å². The fourth-order valence-corrected chi connectivity index (χ4v) is 3.54. The molecule has 0 radical (unpaired) electrons. The topological polar surface area (TPSA) is 75.7 Å². The van der Waals surface area contributed by atoms with Gasteiger partial charge >= 0.3 is 6.03 Å². The maximum atomic E-state index is 12.9. The van der Waals surface area contributed by atoms with Gasteiger partial charge in [-0.15, -0.1) is 0 Å². The number of nitrogens with zero attached hydrogens (tertiary/aromatic N) is 1. The second-order valence-electron chi connectivity index (χ2n) is 6.80. The lowest BCUT2D eigenvalue weighted by Crippen LogP contribution is -2.41. The zero-order valence-electron chi connectivity index (χ0n) is 14.6. The molecule has 2 heterocycles. The summed E-state index contributed by atoms with van der Waals surface area (Å²) in [5, 5.41) is 3.22. The van der Waals surface area contributed by atoms with E-state index in [1.807, 2.05) is 0 Å². The number of imide groups is 1. The maximum Gasteiger partial charge on any atom is 0.325 e. The monoisotopic (exact) mass is 384 g/mol. The van der Waals surface area contributed by atoms with Crippen LogP contribution >= 0.6 is 11.6 Å². The maximum absolute atomic E-state index is 12.9. The quantitative estimate of drug-likeness (QED) is 0.649. The van der Waals surface area contributed by atoms with E-state index >= 15 is 0 Å². The second kappa shape index (κ2) is 6.39. The van der Waals surface area contributed by atoms with E-state index < -0.39 is 17.5 Å². The molecule has 2 aliphatic rings. The SMILES string of the molecule is CC1(c2ccc(Cl)cc2)NC(=O)N(CC(=O)c2ccc3c(c2)CCO3)C1=O. The molecular formula is C20H17ClN2O4. The van der Waals surface area contributed by atoms with Gasteiger partial charge in [0.05, 0.1) is 13.2 Å². The predicted molar refractivity (Wildman–Crippen MR) is 99.0 cm³/mol. The molecule has 1 atom stereocenters. The lowest BCUT2D eigenvalue weighted by molar-refractivity contribution is -0.130. The molecule has 2 aliphatic heterocycles. The molecule has 3 amide bonds. The summed E-state index contributed by atoms with van der Waals surface area (Å²) in [6, 6.07) is 11.3. The van der Waals surface area contributed by atoms with Crippen LogP contribution in [0.3, 0.4) is 0 Å². The Kier molecular flexibility index (Phi) is 4.15. The molecule has 1 fully saturated rings. The Hall–Kier alpha value is -2.86. The van der Waals surface area contributed by atoms with E-state index in [0.29, 0.717) is 22.8 Å². The number of rotatable bonds is 4. The van der Waals surface area contributed by atoms with Crippen molar-refractivity contribution in [1.29, 1.82) is 0 Å². The van der Waals surface area contributed by atoms with Crippen LogP contribution < -0.4 is 10.1 Å². The van der Waals surface area contributed by atoms with Crippen LogP contribution in [0.5, 0.6) is 5.75 Å². The van der Waals surface area contributed by atoms with Crippen molar-refractivity contribution in [2.75, 3.05) is 13.2 Å². The smallest absolute Gasteiger partial charge is 0.325 e. The molecule has 0 aliphatic carbocycles. The number of hydrogen-bond donors (Lipinski definition) is 1. The molecule has 2 aromatic rings. The minimum atomic E-state index is -1.23. The van der Waals surface area contributed by atoms with Gasteiger partial charge in [0, 0.05) is 17.0 Å². The van der Waals surface area contributed by atoms with E-state index in [-0.39, 0.29) is 12.3 Å². The summed E-state index contributed by atoms with van der Waals surface area (Å²) in [5.41, 5.74) is 0.798. The number of benzene rings is 2. The first kappa shape index (κ1) is 17.5. The van der Waals surface area contributed by atoms with Crippen molar-refractivity contribution < 1.29 is 19.1 Å². The van der Waals surface area contributed by atoms with E-state index in [0.717, 1.165) is 22.6 Å². The number of carbonyl (C=O) groups is 3. The minimum absolute atomic E-state index is 0.298. The van der Waals surface area contributed by atoms with Crippen LogP contribution in [0.1, 0.15) is 28.4 Å². The number of hydrogen-bond acceptors (Lipinski definition) is 4. The van der Waals surface area contributed by atoms with Crippen molar-refractivity contribution in [1.82, 2.24) is 10.2 Å². The van der Waals surface area contributed by atoms with Crippen molar-refractivity contribution in [3.05, 3.63) is 64.2 Å². The molecule has 0 spiro atoms. The Labute approximate surface area is 161 Å². The number of ketones is 1. The summed E-state index contributed by atoms with van der Waals surface area (Å²) in [4.78, 5) is 38.9. The largest absolute Gasteiger partial charge is 0.493 e. The number of urea groups is 1. The summed E-state index contributed by atoms with van der Waals surface area (Å²) in [5.74, 6) is 0.0121. The van der Waals surface area contributed by atoms with Crippen LogP contribution in [0.2, 0.25) is 5.02 Å². The summed E-state index contributed by atoms with van der Waals surface area (Å²) >= 11 is 5.90. The zero-order chi connectivity index (χ0) is 19.2. The van der Waals surface area contributed by atoms with Crippen molar-refractivity contribution in [3.8, 4) is 5.75 Å². The van der Waals surface area contributed by atoms with Crippen molar-refractivity contribution >= 4 is 29.3 Å². The summed E-state index contributed by atoms with van der Waals surface area (Å²) in [6.07, 6.45) is 0.744. The average Bonchev–Trinajstić information content (AvgIpc) is 3.20. The molecule has 0 bridgehead atoms. The van der Waals surface area contributed by atoms with Crippen LogP contribution in [0.25, 0.3) is 0 Å². The number of nitrogens with one attached hydrogen (secondary N) is 1. The normalized spacial score (nSPS) is 21.0. The molecule has 4 rings (SSSR count). The highest BCUT2D eigenvalue weighted by Gasteiger charge is 2.49. The van der Waals surface area contributed by atoms with Gasteiger partial charge in [0.1, 0.15) is 11.3 Å². The van der Waals surface area contributed by atoms with Crippen LogP contribution in [0, 0.1) is 0 Å². The van der Waals surface area contributed by atoms with E-state index in [4.69, 9.17) is 16.3 Å². The third kappa shape index (κ3) is 2.96. The first-order chi connectivity index (χ1) is 12.9.